The van der Waals surface area contributed by atoms with Crippen molar-refractivity contribution in [3.63, 3.8) is 0 Å². The average Bonchev–Trinajstić information content (AvgIpc) is 2.86. The highest BCUT2D eigenvalue weighted by atomic mass is 79.9. The lowest BCUT2D eigenvalue weighted by molar-refractivity contribution is 0.160. The monoisotopic (exact) mass is 474 g/mol. The van der Waals surface area contributed by atoms with Gasteiger partial charge >= 0.3 is 0 Å². The highest BCUT2D eigenvalue weighted by molar-refractivity contribution is 9.10. The van der Waals surface area contributed by atoms with Crippen molar-refractivity contribution in [3.05, 3.63) is 67.9 Å². The summed E-state index contributed by atoms with van der Waals surface area (Å²) in [7, 11) is 4.04. The van der Waals surface area contributed by atoms with Crippen LogP contribution in [0.4, 0.5) is 0 Å². The van der Waals surface area contributed by atoms with Crippen LogP contribution < -0.4 is 0 Å². The summed E-state index contributed by atoms with van der Waals surface area (Å²) < 4.78 is 6.33. The molecular weight excluding hydrogens is 448 g/mol. The second-order valence-electron chi connectivity index (χ2n) is 8.16. The topological polar surface area (TPSA) is 25.4 Å². The van der Waals surface area contributed by atoms with Crippen molar-refractivity contribution in [1.82, 2.24) is 9.88 Å². The van der Waals surface area contributed by atoms with E-state index in [1.807, 2.05) is 12.3 Å². The van der Waals surface area contributed by atoms with E-state index in [1.165, 1.54) is 27.8 Å². The van der Waals surface area contributed by atoms with Crippen LogP contribution in [0.5, 0.6) is 0 Å². The minimum Gasteiger partial charge on any atom is -0.385 e. The number of piperidine rings is 1. The largest absolute Gasteiger partial charge is 0.385 e. The van der Waals surface area contributed by atoms with Crippen molar-refractivity contribution < 1.29 is 4.74 Å². The molecule has 5 heteroatoms. The maximum Gasteiger partial charge on any atom is 0.0740 e. The lowest BCUT2D eigenvalue weighted by Gasteiger charge is -2.35. The highest BCUT2D eigenvalue weighted by Crippen LogP contribution is 2.40. The van der Waals surface area contributed by atoms with Gasteiger partial charge in [-0.2, -0.15) is 0 Å². The fraction of sp³-hybridized carbons (Fsp3) is 0.458. The standard InChI is InChI=1S/C24H28BrClN2O/c1-28-10-9-17(14-21(28)4-3-11-29-2)23-22-8-7-20(26)13-16(22)5-6-18-12-19(25)15-27-24(18)23/h7-8,12-13,15,21H,3-6,9-11,14H2,1-2H3/t21-/m0/s1. The van der Waals surface area contributed by atoms with Gasteiger partial charge in [0.25, 0.3) is 0 Å². The number of aryl methyl sites for hydroxylation is 2. The first-order valence-electron chi connectivity index (χ1n) is 10.4. The van der Waals surface area contributed by atoms with Crippen molar-refractivity contribution >= 4 is 33.1 Å². The molecule has 1 fully saturated rings. The fourth-order valence-corrected chi connectivity index (χ4v) is 5.29. The number of benzene rings is 1. The molecule has 1 aromatic heterocycles. The van der Waals surface area contributed by atoms with E-state index in [0.717, 1.165) is 66.9 Å². The first kappa shape index (κ1) is 21.0. The van der Waals surface area contributed by atoms with Gasteiger partial charge in [-0.1, -0.05) is 23.2 Å². The number of nitrogens with zero attached hydrogens (tertiary/aromatic N) is 2. The van der Waals surface area contributed by atoms with Gasteiger partial charge < -0.3 is 9.64 Å². The van der Waals surface area contributed by atoms with Crippen LogP contribution in [0, 0.1) is 0 Å². The lowest BCUT2D eigenvalue weighted by atomic mass is 9.85. The van der Waals surface area contributed by atoms with Crippen molar-refractivity contribution in [2.24, 2.45) is 0 Å². The van der Waals surface area contributed by atoms with E-state index >= 15 is 0 Å². The number of halogens is 2. The van der Waals surface area contributed by atoms with Crippen LogP contribution in [0.2, 0.25) is 5.02 Å². The Morgan fingerprint density at radius 3 is 2.86 bits per heavy atom. The summed E-state index contributed by atoms with van der Waals surface area (Å²) in [4.78, 5) is 7.41. The molecule has 29 heavy (non-hydrogen) atoms. The molecule has 3 nitrogen and oxygen atoms in total. The van der Waals surface area contributed by atoms with E-state index in [1.54, 1.807) is 7.11 Å². The predicted octanol–water partition coefficient (Wildman–Crippen LogP) is 5.92. The van der Waals surface area contributed by atoms with Gasteiger partial charge in [0.15, 0.2) is 0 Å². The summed E-state index contributed by atoms with van der Waals surface area (Å²) in [5.74, 6) is 0. The van der Waals surface area contributed by atoms with Gasteiger partial charge in [-0.05, 0) is 96.4 Å². The Labute approximate surface area is 187 Å². The molecular formula is C24H28BrClN2O. The molecule has 0 spiro atoms. The number of hydrogen-bond acceptors (Lipinski definition) is 3. The van der Waals surface area contributed by atoms with Gasteiger partial charge in [-0.15, -0.1) is 0 Å². The van der Waals surface area contributed by atoms with Gasteiger partial charge in [0.05, 0.1) is 5.69 Å². The van der Waals surface area contributed by atoms with Crippen LogP contribution in [0.1, 0.15) is 48.1 Å². The van der Waals surface area contributed by atoms with Gasteiger partial charge in [-0.25, -0.2) is 0 Å². The van der Waals surface area contributed by atoms with Gasteiger partial charge in [0, 0.05) is 47.6 Å². The van der Waals surface area contributed by atoms with E-state index in [4.69, 9.17) is 21.3 Å². The zero-order valence-electron chi connectivity index (χ0n) is 17.2. The number of fused-ring (bicyclic) bond motifs is 2. The molecule has 1 aliphatic heterocycles. The maximum atomic E-state index is 6.36. The SMILES string of the molecule is COCCC[C@H]1CC(=C2c3ccc(Cl)cc3CCc3cc(Br)cnc32)CCN1C. The maximum absolute atomic E-state index is 6.36. The van der Waals surface area contributed by atoms with Crippen LogP contribution in [0.15, 0.2) is 40.5 Å². The Hall–Kier alpha value is -1.20. The molecule has 4 rings (SSSR count). The van der Waals surface area contributed by atoms with Crippen LogP contribution in [-0.2, 0) is 17.6 Å². The predicted molar refractivity (Wildman–Crippen MR) is 124 cm³/mol. The molecule has 1 aromatic carbocycles. The quantitative estimate of drug-likeness (QED) is 0.513. The third kappa shape index (κ3) is 4.61. The molecule has 1 atom stereocenters. The van der Waals surface area contributed by atoms with E-state index in [9.17, 15) is 0 Å². The van der Waals surface area contributed by atoms with E-state index in [-0.39, 0.29) is 0 Å². The minimum absolute atomic E-state index is 0.555. The molecule has 2 aliphatic rings. The Morgan fingerprint density at radius 2 is 2.03 bits per heavy atom. The third-order valence-corrected chi connectivity index (χ3v) is 6.95. The third-order valence-electron chi connectivity index (χ3n) is 6.28. The summed E-state index contributed by atoms with van der Waals surface area (Å²) in [6.45, 7) is 1.92. The van der Waals surface area contributed by atoms with Crippen molar-refractivity contribution in [1.29, 1.82) is 0 Å². The molecule has 0 radical (unpaired) electrons. The molecule has 0 amide bonds. The van der Waals surface area contributed by atoms with Gasteiger partial charge in [0.1, 0.15) is 0 Å². The van der Waals surface area contributed by atoms with E-state index < -0.39 is 0 Å². The molecule has 2 heterocycles. The summed E-state index contributed by atoms with van der Waals surface area (Å²) >= 11 is 9.97. The second kappa shape index (κ2) is 9.30. The number of aromatic nitrogens is 1. The second-order valence-corrected chi connectivity index (χ2v) is 9.52. The molecule has 2 aromatic rings. The zero-order valence-corrected chi connectivity index (χ0v) is 19.5. The number of methoxy groups -OCH3 is 1. The summed E-state index contributed by atoms with van der Waals surface area (Å²) in [5.41, 5.74) is 8.02. The van der Waals surface area contributed by atoms with Crippen molar-refractivity contribution in [2.75, 3.05) is 27.3 Å². The Kier molecular flexibility index (Phi) is 6.75. The lowest BCUT2D eigenvalue weighted by Crippen LogP contribution is -2.37. The first-order chi connectivity index (χ1) is 14.1. The molecule has 0 saturated carbocycles. The molecule has 0 bridgehead atoms. The van der Waals surface area contributed by atoms with Crippen LogP contribution >= 0.6 is 27.5 Å². The van der Waals surface area contributed by atoms with Crippen LogP contribution in [-0.4, -0.2) is 43.2 Å². The first-order valence-corrected chi connectivity index (χ1v) is 11.6. The Balaban J connectivity index is 1.80. The van der Waals surface area contributed by atoms with Crippen molar-refractivity contribution in [3.8, 4) is 0 Å². The minimum atomic E-state index is 0.555. The van der Waals surface area contributed by atoms with Crippen LogP contribution in [0.3, 0.4) is 0 Å². The summed E-state index contributed by atoms with van der Waals surface area (Å²) in [5, 5.41) is 0.814. The summed E-state index contributed by atoms with van der Waals surface area (Å²) in [6, 6.07) is 9.16. The number of likely N-dealkylation sites (tertiary alicyclic amines) is 1. The number of rotatable bonds is 4. The van der Waals surface area contributed by atoms with Crippen molar-refractivity contribution in [2.45, 2.75) is 44.6 Å². The molecule has 154 valence electrons. The zero-order chi connectivity index (χ0) is 20.4. The number of ether oxygens (including phenoxy) is 1. The normalized spacial score (nSPS) is 22.1. The smallest absolute Gasteiger partial charge is 0.0740 e. The van der Waals surface area contributed by atoms with Gasteiger partial charge in [-0.3, -0.25) is 4.98 Å². The number of hydrogen-bond donors (Lipinski definition) is 0. The van der Waals surface area contributed by atoms with E-state index in [0.29, 0.717) is 6.04 Å². The molecule has 0 unspecified atom stereocenters. The molecule has 0 N–H and O–H groups in total. The average molecular weight is 476 g/mol. The molecule has 1 saturated heterocycles. The number of pyridine rings is 1. The summed E-state index contributed by atoms with van der Waals surface area (Å²) in [6.07, 6.45) is 8.36. The van der Waals surface area contributed by atoms with Crippen LogP contribution in [0.25, 0.3) is 5.57 Å². The van der Waals surface area contributed by atoms with E-state index in [2.05, 4.69) is 46.1 Å². The molecule has 1 aliphatic carbocycles. The fourth-order valence-electron chi connectivity index (χ4n) is 4.71. The Bertz CT molecular complexity index is 872. The Morgan fingerprint density at radius 1 is 1.21 bits per heavy atom. The highest BCUT2D eigenvalue weighted by Gasteiger charge is 2.28. The van der Waals surface area contributed by atoms with Gasteiger partial charge in [0.2, 0.25) is 0 Å².